The van der Waals surface area contributed by atoms with Crippen molar-refractivity contribution in [1.82, 2.24) is 9.88 Å². The Morgan fingerprint density at radius 3 is 2.75 bits per heavy atom. The Balaban J connectivity index is 1.92. The van der Waals surface area contributed by atoms with Crippen molar-refractivity contribution in [2.75, 3.05) is 20.3 Å². The zero-order valence-corrected chi connectivity index (χ0v) is 14.6. The largest absolute Gasteiger partial charge is 0.509 e. The van der Waals surface area contributed by atoms with Crippen molar-refractivity contribution in [3.63, 3.8) is 0 Å². The molecule has 3 rings (SSSR count). The summed E-state index contributed by atoms with van der Waals surface area (Å²) in [7, 11) is 1.64. The first kappa shape index (κ1) is 16.7. The Morgan fingerprint density at radius 2 is 2.08 bits per heavy atom. The fraction of sp³-hybridized carbons (Fsp3) is 0.333. The van der Waals surface area contributed by atoms with E-state index in [1.54, 1.807) is 7.11 Å². The highest BCUT2D eigenvalue weighted by molar-refractivity contribution is 7.11. The van der Waals surface area contributed by atoms with Gasteiger partial charge in [-0.1, -0.05) is 37.3 Å². The normalized spacial score (nSPS) is 17.8. The van der Waals surface area contributed by atoms with Crippen molar-refractivity contribution in [2.24, 2.45) is 0 Å². The van der Waals surface area contributed by atoms with Crippen LogP contribution in [0.15, 0.2) is 41.5 Å². The molecule has 2 N–H and O–H groups in total. The van der Waals surface area contributed by atoms with Crippen LogP contribution in [-0.4, -0.2) is 47.1 Å². The number of hydrogen-bond donors (Lipinski definition) is 2. The van der Waals surface area contributed by atoms with Gasteiger partial charge in [0.2, 0.25) is 0 Å². The van der Waals surface area contributed by atoms with Crippen LogP contribution in [0.4, 0.5) is 0 Å². The fourth-order valence-electron chi connectivity index (χ4n) is 2.95. The molecular formula is C18H21N3O2S. The number of thiazole rings is 1. The maximum absolute atomic E-state index is 10.6. The summed E-state index contributed by atoms with van der Waals surface area (Å²) in [5.74, 6) is 0.568. The summed E-state index contributed by atoms with van der Waals surface area (Å²) in [5, 5.41) is 21.8. The molecule has 0 amide bonds. The molecule has 0 spiro atoms. The van der Waals surface area contributed by atoms with E-state index in [-0.39, 0.29) is 11.8 Å². The average Bonchev–Trinajstić information content (AvgIpc) is 3.16. The van der Waals surface area contributed by atoms with Gasteiger partial charge in [-0.05, 0) is 6.42 Å². The minimum absolute atomic E-state index is 0.174. The third-order valence-corrected chi connectivity index (χ3v) is 5.04. The summed E-state index contributed by atoms with van der Waals surface area (Å²) < 4.78 is 5.13. The van der Waals surface area contributed by atoms with Crippen LogP contribution in [0.2, 0.25) is 0 Å². The first-order chi connectivity index (χ1) is 11.7. The molecule has 1 aromatic heterocycles. The molecule has 0 saturated carbocycles. The molecule has 0 fully saturated rings. The summed E-state index contributed by atoms with van der Waals surface area (Å²) in [6, 6.07) is 9.76. The molecule has 1 aromatic carbocycles. The monoisotopic (exact) mass is 343 g/mol. The van der Waals surface area contributed by atoms with Gasteiger partial charge in [-0.3, -0.25) is 5.41 Å². The number of methoxy groups -OCH3 is 1. The lowest BCUT2D eigenvalue weighted by Crippen LogP contribution is -2.37. The van der Waals surface area contributed by atoms with Crippen LogP contribution in [0.5, 0.6) is 0 Å². The Hall–Kier alpha value is -2.18. The molecule has 1 aliphatic heterocycles. The number of nitrogens with one attached hydrogen (secondary N) is 1. The summed E-state index contributed by atoms with van der Waals surface area (Å²) >= 11 is 1.46. The van der Waals surface area contributed by atoms with E-state index in [0.717, 1.165) is 17.7 Å². The molecule has 126 valence electrons. The number of hydrogen-bond acceptors (Lipinski definition) is 5. The standard InChI is InChI=1S/C18H21N3O2S/c1-3-14-16(22)15(17(19)21(14)9-10-23-2)18-20-13(11-24-18)12-7-5-4-6-8-12/h4-8,11,14,19,22H,3,9-10H2,1-2H3. The van der Waals surface area contributed by atoms with Crippen molar-refractivity contribution in [3.8, 4) is 11.3 Å². The van der Waals surface area contributed by atoms with Crippen molar-refractivity contribution in [1.29, 1.82) is 5.41 Å². The predicted molar refractivity (Wildman–Crippen MR) is 97.5 cm³/mol. The zero-order valence-electron chi connectivity index (χ0n) is 13.8. The van der Waals surface area contributed by atoms with E-state index < -0.39 is 0 Å². The Labute approximate surface area is 145 Å². The SMILES string of the molecule is CCC1C(O)=C(c2nc(-c3ccccc3)cs2)C(=N)N1CCOC. The molecule has 0 radical (unpaired) electrons. The third-order valence-electron chi connectivity index (χ3n) is 4.18. The number of aliphatic hydroxyl groups is 1. The Morgan fingerprint density at radius 1 is 1.33 bits per heavy atom. The van der Waals surface area contributed by atoms with E-state index in [4.69, 9.17) is 10.1 Å². The summed E-state index contributed by atoms with van der Waals surface area (Å²) in [6.45, 7) is 3.11. The minimum Gasteiger partial charge on any atom is -0.509 e. The van der Waals surface area contributed by atoms with Crippen LogP contribution in [0.25, 0.3) is 16.8 Å². The number of amidine groups is 1. The van der Waals surface area contributed by atoms with E-state index in [0.29, 0.717) is 29.6 Å². The van der Waals surface area contributed by atoms with Gasteiger partial charge in [-0.2, -0.15) is 0 Å². The second kappa shape index (κ2) is 7.15. The van der Waals surface area contributed by atoms with E-state index in [2.05, 4.69) is 4.98 Å². The number of benzene rings is 1. The van der Waals surface area contributed by atoms with Crippen molar-refractivity contribution < 1.29 is 9.84 Å². The van der Waals surface area contributed by atoms with E-state index in [1.807, 2.05) is 47.5 Å². The number of nitrogens with zero attached hydrogens (tertiary/aromatic N) is 2. The van der Waals surface area contributed by atoms with Gasteiger partial charge >= 0.3 is 0 Å². The van der Waals surface area contributed by atoms with Crippen LogP contribution < -0.4 is 0 Å². The van der Waals surface area contributed by atoms with Crippen molar-refractivity contribution >= 4 is 22.7 Å². The molecule has 2 heterocycles. The van der Waals surface area contributed by atoms with Gasteiger partial charge in [0.15, 0.2) is 0 Å². The Kier molecular flexibility index (Phi) is 4.97. The summed E-state index contributed by atoms with van der Waals surface area (Å²) in [4.78, 5) is 6.54. The number of aliphatic hydroxyl groups excluding tert-OH is 1. The molecule has 1 atom stereocenters. The third kappa shape index (κ3) is 2.95. The molecule has 0 aliphatic carbocycles. The van der Waals surface area contributed by atoms with Crippen molar-refractivity contribution in [2.45, 2.75) is 19.4 Å². The molecule has 24 heavy (non-hydrogen) atoms. The minimum atomic E-state index is -0.174. The average molecular weight is 343 g/mol. The van der Waals surface area contributed by atoms with Crippen LogP contribution >= 0.6 is 11.3 Å². The first-order valence-corrected chi connectivity index (χ1v) is 8.84. The molecular weight excluding hydrogens is 322 g/mol. The van der Waals surface area contributed by atoms with Gasteiger partial charge in [0.05, 0.1) is 23.9 Å². The lowest BCUT2D eigenvalue weighted by molar-refractivity contribution is 0.159. The fourth-order valence-corrected chi connectivity index (χ4v) is 3.83. The van der Waals surface area contributed by atoms with E-state index in [1.165, 1.54) is 11.3 Å². The highest BCUT2D eigenvalue weighted by Gasteiger charge is 2.37. The smallest absolute Gasteiger partial charge is 0.135 e. The van der Waals surface area contributed by atoms with Gasteiger partial charge in [0.25, 0.3) is 0 Å². The molecule has 2 aromatic rings. The van der Waals surface area contributed by atoms with Crippen LogP contribution in [0, 0.1) is 5.41 Å². The molecule has 1 unspecified atom stereocenters. The lowest BCUT2D eigenvalue weighted by Gasteiger charge is -2.25. The topological polar surface area (TPSA) is 69.4 Å². The zero-order chi connectivity index (χ0) is 17.1. The van der Waals surface area contributed by atoms with Crippen LogP contribution in [0.3, 0.4) is 0 Å². The van der Waals surface area contributed by atoms with Gasteiger partial charge in [0, 0.05) is 24.6 Å². The molecule has 0 saturated heterocycles. The van der Waals surface area contributed by atoms with Gasteiger partial charge in [-0.25, -0.2) is 4.98 Å². The predicted octanol–water partition coefficient (Wildman–Crippen LogP) is 3.80. The Bertz CT molecular complexity index is 755. The molecule has 1 aliphatic rings. The second-order valence-electron chi connectivity index (χ2n) is 5.62. The maximum Gasteiger partial charge on any atom is 0.135 e. The summed E-state index contributed by atoms with van der Waals surface area (Å²) in [5.41, 5.74) is 2.45. The highest BCUT2D eigenvalue weighted by atomic mass is 32.1. The molecule has 5 nitrogen and oxygen atoms in total. The number of rotatable bonds is 6. The van der Waals surface area contributed by atoms with Crippen molar-refractivity contribution in [3.05, 3.63) is 46.5 Å². The molecule has 6 heteroatoms. The summed E-state index contributed by atoms with van der Waals surface area (Å²) in [6.07, 6.45) is 0.734. The highest BCUT2D eigenvalue weighted by Crippen LogP contribution is 2.35. The quantitative estimate of drug-likeness (QED) is 0.837. The van der Waals surface area contributed by atoms with Crippen LogP contribution in [-0.2, 0) is 4.74 Å². The first-order valence-electron chi connectivity index (χ1n) is 7.96. The van der Waals surface area contributed by atoms with Crippen LogP contribution in [0.1, 0.15) is 18.4 Å². The van der Waals surface area contributed by atoms with Gasteiger partial charge < -0.3 is 14.7 Å². The second-order valence-corrected chi connectivity index (χ2v) is 6.48. The van der Waals surface area contributed by atoms with Gasteiger partial charge in [0.1, 0.15) is 16.6 Å². The van der Waals surface area contributed by atoms with E-state index in [9.17, 15) is 5.11 Å². The number of ether oxygens (including phenoxy) is 1. The van der Waals surface area contributed by atoms with E-state index >= 15 is 0 Å². The maximum atomic E-state index is 10.6. The molecule has 0 bridgehead atoms. The lowest BCUT2D eigenvalue weighted by atomic mass is 10.1. The number of aromatic nitrogens is 1. The van der Waals surface area contributed by atoms with Gasteiger partial charge in [-0.15, -0.1) is 11.3 Å².